The van der Waals surface area contributed by atoms with Crippen LogP contribution >= 0.6 is 15.9 Å². The fourth-order valence-electron chi connectivity index (χ4n) is 2.99. The van der Waals surface area contributed by atoms with Gasteiger partial charge in [0, 0.05) is 36.8 Å². The van der Waals surface area contributed by atoms with E-state index >= 15 is 0 Å². The molecule has 3 rings (SSSR count). The van der Waals surface area contributed by atoms with Crippen LogP contribution in [0.3, 0.4) is 0 Å². The number of nitrogens with zero attached hydrogens (tertiary/aromatic N) is 3. The Hall–Kier alpha value is -1.14. The molecule has 2 aliphatic heterocycles. The van der Waals surface area contributed by atoms with Crippen molar-refractivity contribution < 1.29 is 4.79 Å². The smallest absolute Gasteiger partial charge is 0.239 e. The average molecular weight is 353 g/mol. The van der Waals surface area contributed by atoms with Crippen molar-refractivity contribution >= 4 is 27.7 Å². The largest absolute Gasteiger partial charge is 0.353 e. The molecular weight excluding hydrogens is 332 g/mol. The van der Waals surface area contributed by atoms with E-state index < -0.39 is 0 Å². The van der Waals surface area contributed by atoms with Crippen molar-refractivity contribution in [1.29, 1.82) is 0 Å². The van der Waals surface area contributed by atoms with Crippen LogP contribution in [0.5, 0.6) is 0 Å². The Balaban J connectivity index is 1.54. The van der Waals surface area contributed by atoms with E-state index in [4.69, 9.17) is 0 Å². The van der Waals surface area contributed by atoms with Crippen LogP contribution < -0.4 is 10.2 Å². The maximum absolute atomic E-state index is 12.5. The van der Waals surface area contributed by atoms with Crippen LogP contribution in [0, 0.1) is 0 Å². The number of piperazine rings is 1. The van der Waals surface area contributed by atoms with E-state index in [-0.39, 0.29) is 11.9 Å². The van der Waals surface area contributed by atoms with Crippen LogP contribution in [0.15, 0.2) is 22.8 Å². The van der Waals surface area contributed by atoms with Crippen LogP contribution in [-0.2, 0) is 4.79 Å². The molecule has 1 N–H and O–H groups in total. The number of pyridine rings is 1. The zero-order chi connectivity index (χ0) is 14.7. The van der Waals surface area contributed by atoms with Crippen molar-refractivity contribution in [2.24, 2.45) is 0 Å². The molecule has 1 aromatic rings. The highest BCUT2D eigenvalue weighted by molar-refractivity contribution is 9.10. The van der Waals surface area contributed by atoms with Crippen LogP contribution in [0.25, 0.3) is 0 Å². The second kappa shape index (κ2) is 6.75. The summed E-state index contributed by atoms with van der Waals surface area (Å²) in [6.07, 6.45) is 5.14. The lowest BCUT2D eigenvalue weighted by molar-refractivity contribution is -0.134. The number of anilines is 1. The third-order valence-electron chi connectivity index (χ3n) is 4.24. The lowest BCUT2D eigenvalue weighted by atomic mass is 10.0. The lowest BCUT2D eigenvalue weighted by Gasteiger charge is -2.37. The van der Waals surface area contributed by atoms with Crippen molar-refractivity contribution in [2.45, 2.75) is 25.3 Å². The summed E-state index contributed by atoms with van der Waals surface area (Å²) in [4.78, 5) is 21.1. The number of hydrogen-bond acceptors (Lipinski definition) is 4. The molecular formula is C15H21BrN4O. The fourth-order valence-corrected chi connectivity index (χ4v) is 3.23. The van der Waals surface area contributed by atoms with Crippen molar-refractivity contribution in [3.05, 3.63) is 22.8 Å². The number of rotatable bonds is 2. The molecule has 5 nitrogen and oxygen atoms in total. The maximum Gasteiger partial charge on any atom is 0.239 e. The van der Waals surface area contributed by atoms with Crippen molar-refractivity contribution in [3.8, 4) is 0 Å². The van der Waals surface area contributed by atoms with Crippen LogP contribution in [0.1, 0.15) is 19.3 Å². The molecule has 2 saturated heterocycles. The zero-order valence-corrected chi connectivity index (χ0v) is 13.7. The van der Waals surface area contributed by atoms with E-state index in [2.05, 4.69) is 31.1 Å². The first kappa shape index (κ1) is 14.8. The van der Waals surface area contributed by atoms with Gasteiger partial charge in [0.25, 0.3) is 0 Å². The Morgan fingerprint density at radius 2 is 2.05 bits per heavy atom. The van der Waals surface area contributed by atoms with Crippen LogP contribution in [0.2, 0.25) is 0 Å². The molecule has 0 bridgehead atoms. The topological polar surface area (TPSA) is 48.5 Å². The van der Waals surface area contributed by atoms with E-state index in [1.54, 1.807) is 0 Å². The van der Waals surface area contributed by atoms with Gasteiger partial charge in [0.1, 0.15) is 5.82 Å². The maximum atomic E-state index is 12.5. The molecule has 0 spiro atoms. The highest BCUT2D eigenvalue weighted by atomic mass is 79.9. The van der Waals surface area contributed by atoms with Gasteiger partial charge in [0.05, 0.1) is 6.04 Å². The van der Waals surface area contributed by atoms with Gasteiger partial charge in [-0.3, -0.25) is 4.79 Å². The second-order valence-corrected chi connectivity index (χ2v) is 6.57. The third kappa shape index (κ3) is 3.55. The molecule has 1 amide bonds. The predicted molar refractivity (Wildman–Crippen MR) is 86.4 cm³/mol. The Labute approximate surface area is 133 Å². The molecule has 0 aliphatic carbocycles. The minimum Gasteiger partial charge on any atom is -0.353 e. The Morgan fingerprint density at radius 1 is 1.24 bits per heavy atom. The number of nitrogens with one attached hydrogen (secondary N) is 1. The van der Waals surface area contributed by atoms with Gasteiger partial charge in [0.2, 0.25) is 5.91 Å². The van der Waals surface area contributed by atoms with E-state index in [1.165, 1.54) is 6.42 Å². The molecule has 6 heteroatoms. The summed E-state index contributed by atoms with van der Waals surface area (Å²) >= 11 is 3.40. The summed E-state index contributed by atoms with van der Waals surface area (Å²) in [7, 11) is 0. The van der Waals surface area contributed by atoms with E-state index in [1.807, 2.05) is 23.2 Å². The number of halogens is 1. The highest BCUT2D eigenvalue weighted by Gasteiger charge is 2.28. The molecule has 0 unspecified atom stereocenters. The van der Waals surface area contributed by atoms with Gasteiger partial charge in [0.15, 0.2) is 0 Å². The Kier molecular flexibility index (Phi) is 4.75. The number of piperidine rings is 1. The zero-order valence-electron chi connectivity index (χ0n) is 12.1. The minimum atomic E-state index is 0.0381. The Bertz CT molecular complexity index is 479. The average Bonchev–Trinajstić information content (AvgIpc) is 2.56. The number of hydrogen-bond donors (Lipinski definition) is 1. The van der Waals surface area contributed by atoms with E-state index in [0.717, 1.165) is 55.9 Å². The van der Waals surface area contributed by atoms with Gasteiger partial charge in [-0.1, -0.05) is 6.42 Å². The third-order valence-corrected chi connectivity index (χ3v) is 4.70. The lowest BCUT2D eigenvalue weighted by Crippen LogP contribution is -2.55. The van der Waals surface area contributed by atoms with Gasteiger partial charge < -0.3 is 15.1 Å². The van der Waals surface area contributed by atoms with Crippen LogP contribution in [0.4, 0.5) is 5.82 Å². The molecule has 2 aliphatic rings. The standard InChI is InChI=1S/C15H21BrN4O/c16-12-4-5-14(18-11-12)19-7-9-20(10-8-19)15(21)13-3-1-2-6-17-13/h4-5,11,13,17H,1-3,6-10H2/t13-/m1/s1. The first-order valence-electron chi connectivity index (χ1n) is 7.63. The van der Waals surface area contributed by atoms with Gasteiger partial charge in [-0.25, -0.2) is 4.98 Å². The first-order chi connectivity index (χ1) is 10.2. The summed E-state index contributed by atoms with van der Waals surface area (Å²) < 4.78 is 0.989. The normalized spacial score (nSPS) is 23.2. The number of carbonyl (C=O) groups excluding carboxylic acids is 1. The summed E-state index contributed by atoms with van der Waals surface area (Å²) in [5.41, 5.74) is 0. The number of aromatic nitrogens is 1. The second-order valence-electron chi connectivity index (χ2n) is 5.65. The van der Waals surface area contributed by atoms with Crippen LogP contribution in [-0.4, -0.2) is 54.6 Å². The highest BCUT2D eigenvalue weighted by Crippen LogP contribution is 2.17. The van der Waals surface area contributed by atoms with Crippen molar-refractivity contribution in [2.75, 3.05) is 37.6 Å². The summed E-state index contributed by atoms with van der Waals surface area (Å²) in [6, 6.07) is 4.06. The fraction of sp³-hybridized carbons (Fsp3) is 0.600. The quantitative estimate of drug-likeness (QED) is 0.878. The summed E-state index contributed by atoms with van der Waals surface area (Å²) in [6.45, 7) is 4.25. The summed E-state index contributed by atoms with van der Waals surface area (Å²) in [5.74, 6) is 1.26. The molecule has 0 saturated carbocycles. The number of carbonyl (C=O) groups is 1. The van der Waals surface area contributed by atoms with Crippen molar-refractivity contribution in [3.63, 3.8) is 0 Å². The molecule has 1 atom stereocenters. The molecule has 3 heterocycles. The van der Waals surface area contributed by atoms with Gasteiger partial charge >= 0.3 is 0 Å². The van der Waals surface area contributed by atoms with Gasteiger partial charge in [-0.15, -0.1) is 0 Å². The molecule has 0 aromatic carbocycles. The molecule has 2 fully saturated rings. The SMILES string of the molecule is O=C([C@H]1CCCCN1)N1CCN(c2ccc(Br)cn2)CC1. The van der Waals surface area contributed by atoms with Crippen molar-refractivity contribution in [1.82, 2.24) is 15.2 Å². The van der Waals surface area contributed by atoms with Gasteiger partial charge in [-0.05, 0) is 47.4 Å². The monoisotopic (exact) mass is 352 g/mol. The molecule has 1 aromatic heterocycles. The summed E-state index contributed by atoms with van der Waals surface area (Å²) in [5, 5.41) is 3.34. The van der Waals surface area contributed by atoms with E-state index in [9.17, 15) is 4.79 Å². The minimum absolute atomic E-state index is 0.0381. The molecule has 114 valence electrons. The number of amides is 1. The predicted octanol–water partition coefficient (Wildman–Crippen LogP) is 1.63. The molecule has 0 radical (unpaired) electrons. The molecule has 21 heavy (non-hydrogen) atoms. The van der Waals surface area contributed by atoms with E-state index in [0.29, 0.717) is 0 Å². The van der Waals surface area contributed by atoms with Gasteiger partial charge in [-0.2, -0.15) is 0 Å². The Morgan fingerprint density at radius 3 is 2.67 bits per heavy atom. The first-order valence-corrected chi connectivity index (χ1v) is 8.42.